The first kappa shape index (κ1) is 14.9. The Labute approximate surface area is 140 Å². The van der Waals surface area contributed by atoms with Gasteiger partial charge in [-0.25, -0.2) is 4.68 Å². The average Bonchev–Trinajstić information content (AvgIpc) is 3.00. The predicted octanol–water partition coefficient (Wildman–Crippen LogP) is 3.34. The van der Waals surface area contributed by atoms with Crippen molar-refractivity contribution in [3.8, 4) is 0 Å². The van der Waals surface area contributed by atoms with Crippen LogP contribution in [0.5, 0.6) is 0 Å². The Hall–Kier alpha value is -2.69. The summed E-state index contributed by atoms with van der Waals surface area (Å²) in [5.41, 5.74) is 4.63. The highest BCUT2D eigenvalue weighted by Gasteiger charge is 2.30. The molecule has 4 rings (SSSR count). The molecule has 0 N–H and O–H groups in total. The number of anilines is 1. The summed E-state index contributed by atoms with van der Waals surface area (Å²) in [6, 6.07) is 14.1. The molecule has 0 saturated carbocycles. The number of amides is 1. The van der Waals surface area contributed by atoms with Crippen molar-refractivity contribution in [3.05, 3.63) is 53.6 Å². The topological polar surface area (TPSA) is 51.0 Å². The third-order valence-corrected chi connectivity index (χ3v) is 4.91. The van der Waals surface area contributed by atoms with Gasteiger partial charge in [0.1, 0.15) is 5.52 Å². The zero-order chi connectivity index (χ0) is 16.7. The van der Waals surface area contributed by atoms with Gasteiger partial charge in [0, 0.05) is 24.3 Å². The first-order valence-corrected chi connectivity index (χ1v) is 8.40. The van der Waals surface area contributed by atoms with E-state index in [1.54, 1.807) is 4.68 Å². The number of aryl methyl sites for hydroxylation is 2. The molecule has 0 saturated heterocycles. The van der Waals surface area contributed by atoms with E-state index in [2.05, 4.69) is 29.4 Å². The lowest BCUT2D eigenvalue weighted by Gasteiger charge is -2.37. The highest BCUT2D eigenvalue weighted by Crippen LogP contribution is 2.33. The molecule has 1 aromatic heterocycles. The van der Waals surface area contributed by atoms with Crippen LogP contribution in [-0.4, -0.2) is 26.9 Å². The molecule has 5 heteroatoms. The lowest BCUT2D eigenvalue weighted by molar-refractivity contribution is 0.0972. The number of carbonyl (C=O) groups is 1. The number of carbonyl (C=O) groups excluding carboxylic acids is 1. The molecule has 2 aromatic carbocycles. The number of hydrogen-bond donors (Lipinski definition) is 0. The Morgan fingerprint density at radius 2 is 2.08 bits per heavy atom. The summed E-state index contributed by atoms with van der Waals surface area (Å²) in [6.07, 6.45) is 2.99. The number of fused-ring (bicyclic) bond motifs is 2. The number of hydrogen-bond acceptors (Lipinski definition) is 3. The van der Waals surface area contributed by atoms with E-state index in [4.69, 9.17) is 0 Å². The summed E-state index contributed by atoms with van der Waals surface area (Å²) in [4.78, 5) is 15.2. The summed E-state index contributed by atoms with van der Waals surface area (Å²) in [6.45, 7) is 2.14. The van der Waals surface area contributed by atoms with Crippen molar-refractivity contribution in [2.24, 2.45) is 7.05 Å². The maximum Gasteiger partial charge on any atom is 0.258 e. The van der Waals surface area contributed by atoms with Crippen LogP contribution in [0.1, 0.15) is 35.7 Å². The summed E-state index contributed by atoms with van der Waals surface area (Å²) < 4.78 is 1.72. The van der Waals surface area contributed by atoms with E-state index in [1.807, 2.05) is 42.3 Å². The van der Waals surface area contributed by atoms with Gasteiger partial charge in [-0.15, -0.1) is 5.10 Å². The number of aromatic nitrogens is 3. The van der Waals surface area contributed by atoms with Gasteiger partial charge in [0.05, 0.1) is 5.52 Å². The third kappa shape index (κ3) is 2.28. The van der Waals surface area contributed by atoms with Gasteiger partial charge >= 0.3 is 0 Å². The molecule has 3 aromatic rings. The SMILES string of the molecule is CCC1CCc2ccccc2N1C(=O)c1ccc2c(c1)nnn2C. The van der Waals surface area contributed by atoms with Gasteiger partial charge < -0.3 is 4.90 Å². The van der Waals surface area contributed by atoms with Crippen LogP contribution >= 0.6 is 0 Å². The molecule has 2 heterocycles. The zero-order valence-corrected chi connectivity index (χ0v) is 13.9. The molecule has 1 amide bonds. The van der Waals surface area contributed by atoms with Crippen LogP contribution in [0.15, 0.2) is 42.5 Å². The maximum absolute atomic E-state index is 13.3. The van der Waals surface area contributed by atoms with Crippen molar-refractivity contribution in [2.75, 3.05) is 4.90 Å². The van der Waals surface area contributed by atoms with Crippen LogP contribution < -0.4 is 4.90 Å². The van der Waals surface area contributed by atoms with E-state index in [0.29, 0.717) is 5.56 Å². The second kappa shape index (κ2) is 5.74. The van der Waals surface area contributed by atoms with Crippen LogP contribution in [0.3, 0.4) is 0 Å². The van der Waals surface area contributed by atoms with Crippen molar-refractivity contribution in [1.29, 1.82) is 0 Å². The van der Waals surface area contributed by atoms with Crippen LogP contribution in [0.4, 0.5) is 5.69 Å². The summed E-state index contributed by atoms with van der Waals surface area (Å²) in [5.74, 6) is 0.0431. The van der Waals surface area contributed by atoms with Crippen molar-refractivity contribution >= 4 is 22.6 Å². The van der Waals surface area contributed by atoms with Crippen LogP contribution in [0.25, 0.3) is 11.0 Å². The Morgan fingerprint density at radius 1 is 1.25 bits per heavy atom. The lowest BCUT2D eigenvalue weighted by atomic mass is 9.93. The summed E-state index contributed by atoms with van der Waals surface area (Å²) in [7, 11) is 1.85. The van der Waals surface area contributed by atoms with Gasteiger partial charge in [-0.05, 0) is 49.1 Å². The lowest BCUT2D eigenvalue weighted by Crippen LogP contribution is -2.43. The molecule has 0 radical (unpaired) electrons. The zero-order valence-electron chi connectivity index (χ0n) is 13.9. The fraction of sp³-hybridized carbons (Fsp3) is 0.316. The highest BCUT2D eigenvalue weighted by molar-refractivity contribution is 6.08. The van der Waals surface area contributed by atoms with Gasteiger partial charge in [0.2, 0.25) is 0 Å². The molecule has 0 aliphatic carbocycles. The maximum atomic E-state index is 13.3. The van der Waals surface area contributed by atoms with E-state index in [9.17, 15) is 4.79 Å². The van der Waals surface area contributed by atoms with Gasteiger partial charge in [-0.2, -0.15) is 0 Å². The monoisotopic (exact) mass is 320 g/mol. The fourth-order valence-corrected chi connectivity index (χ4v) is 3.58. The van der Waals surface area contributed by atoms with Crippen molar-refractivity contribution in [3.63, 3.8) is 0 Å². The Balaban J connectivity index is 1.78. The largest absolute Gasteiger partial charge is 0.305 e. The van der Waals surface area contributed by atoms with Gasteiger partial charge in [0.15, 0.2) is 0 Å². The van der Waals surface area contributed by atoms with Crippen LogP contribution in [0.2, 0.25) is 0 Å². The number of rotatable bonds is 2. The first-order valence-electron chi connectivity index (χ1n) is 8.40. The van der Waals surface area contributed by atoms with Crippen LogP contribution in [-0.2, 0) is 13.5 Å². The van der Waals surface area contributed by atoms with E-state index < -0.39 is 0 Å². The standard InChI is InChI=1S/C19H20N4O/c1-3-15-10-8-13-6-4-5-7-17(13)23(15)19(24)14-9-11-18-16(12-14)20-21-22(18)2/h4-7,9,11-12,15H,3,8,10H2,1-2H3. The second-order valence-electron chi connectivity index (χ2n) is 6.32. The predicted molar refractivity (Wildman–Crippen MR) is 94.2 cm³/mol. The van der Waals surface area contributed by atoms with Gasteiger partial charge in [-0.3, -0.25) is 4.79 Å². The minimum absolute atomic E-state index is 0.0431. The van der Waals surface area contributed by atoms with Crippen molar-refractivity contribution in [2.45, 2.75) is 32.2 Å². The quantitative estimate of drug-likeness (QED) is 0.727. The van der Waals surface area contributed by atoms with Crippen LogP contribution in [0, 0.1) is 0 Å². The molecule has 122 valence electrons. The fourth-order valence-electron chi connectivity index (χ4n) is 3.58. The molecular formula is C19H20N4O. The summed E-state index contributed by atoms with van der Waals surface area (Å²) in [5, 5.41) is 8.15. The minimum Gasteiger partial charge on any atom is -0.305 e. The van der Waals surface area contributed by atoms with E-state index in [1.165, 1.54) is 5.56 Å². The molecule has 0 fully saturated rings. The first-order chi connectivity index (χ1) is 11.7. The molecule has 5 nitrogen and oxygen atoms in total. The van der Waals surface area contributed by atoms with E-state index in [0.717, 1.165) is 36.0 Å². The van der Waals surface area contributed by atoms with Crippen molar-refractivity contribution in [1.82, 2.24) is 15.0 Å². The Bertz CT molecular complexity index is 915. The molecule has 0 bridgehead atoms. The molecule has 1 aliphatic rings. The van der Waals surface area contributed by atoms with Crippen molar-refractivity contribution < 1.29 is 4.79 Å². The Morgan fingerprint density at radius 3 is 2.92 bits per heavy atom. The van der Waals surface area contributed by atoms with E-state index >= 15 is 0 Å². The molecule has 1 aliphatic heterocycles. The summed E-state index contributed by atoms with van der Waals surface area (Å²) >= 11 is 0. The van der Waals surface area contributed by atoms with Gasteiger partial charge in [-0.1, -0.05) is 30.3 Å². The molecule has 0 spiro atoms. The second-order valence-corrected chi connectivity index (χ2v) is 6.32. The Kier molecular flexibility index (Phi) is 3.56. The average molecular weight is 320 g/mol. The highest BCUT2D eigenvalue weighted by atomic mass is 16.2. The number of para-hydroxylation sites is 1. The molecule has 1 unspecified atom stereocenters. The van der Waals surface area contributed by atoms with Gasteiger partial charge in [0.25, 0.3) is 5.91 Å². The number of benzene rings is 2. The molecule has 24 heavy (non-hydrogen) atoms. The minimum atomic E-state index is 0.0431. The normalized spacial score (nSPS) is 17.1. The number of nitrogens with zero attached hydrogens (tertiary/aromatic N) is 4. The molecular weight excluding hydrogens is 300 g/mol. The molecule has 1 atom stereocenters. The third-order valence-electron chi connectivity index (χ3n) is 4.91. The smallest absolute Gasteiger partial charge is 0.258 e. The van der Waals surface area contributed by atoms with E-state index in [-0.39, 0.29) is 11.9 Å².